The van der Waals surface area contributed by atoms with E-state index in [2.05, 4.69) is 346 Å². The lowest BCUT2D eigenvalue weighted by molar-refractivity contribution is 0.666. The maximum Gasteiger partial charge on any atom is 0.138 e. The van der Waals surface area contributed by atoms with Gasteiger partial charge in [0.15, 0.2) is 0 Å². The lowest BCUT2D eigenvalue weighted by Crippen LogP contribution is -1.81. The first-order valence-electron chi connectivity index (χ1n) is 32.8. The molecule has 0 radical (unpaired) electrons. The zero-order valence-electron chi connectivity index (χ0n) is 55.1. The van der Waals surface area contributed by atoms with Crippen molar-refractivity contribution in [2.45, 2.75) is 48.5 Å². The zero-order valence-corrected chi connectivity index (χ0v) is 55.1. The minimum atomic E-state index is 0.966. The molecule has 0 aliphatic rings. The molecule has 0 aliphatic carbocycles. The van der Waals surface area contributed by atoms with Crippen molar-refractivity contribution < 1.29 is 8.83 Å². The van der Waals surface area contributed by atoms with Gasteiger partial charge in [0, 0.05) is 21.5 Å². The molecule has 0 saturated carbocycles. The summed E-state index contributed by atoms with van der Waals surface area (Å²) in [5, 5.41) is 26.1. The number of hydrogen-bond acceptors (Lipinski definition) is 2. The molecule has 2 heterocycles. The van der Waals surface area contributed by atoms with Gasteiger partial charge in [0.1, 0.15) is 22.3 Å². The second-order valence-electron chi connectivity index (χ2n) is 24.8. The van der Waals surface area contributed by atoms with Gasteiger partial charge in [-0.1, -0.05) is 296 Å². The molecule has 19 aromatic rings. The Balaban J connectivity index is 0.000000101. The molecule has 2 heteroatoms. The fraction of sp³-hybridized carbons (Fsp3) is 0.0753. The van der Waals surface area contributed by atoms with Crippen molar-refractivity contribution in [1.29, 1.82) is 0 Å². The maximum atomic E-state index is 5.78. The molecule has 2 nitrogen and oxygen atoms in total. The summed E-state index contributed by atoms with van der Waals surface area (Å²) in [6.07, 6.45) is 0. The van der Waals surface area contributed by atoms with Crippen LogP contribution in [-0.2, 0) is 0 Å². The van der Waals surface area contributed by atoms with Crippen LogP contribution in [0.1, 0.15) is 38.9 Å². The number of hydrogen-bond donors (Lipinski definition) is 0. The molecule has 0 atom stereocenters. The van der Waals surface area contributed by atoms with Gasteiger partial charge in [0.2, 0.25) is 0 Å². The molecule has 0 aliphatic heterocycles. The summed E-state index contributed by atoms with van der Waals surface area (Å²) in [6.45, 7) is 14.9. The van der Waals surface area contributed by atoms with Crippen LogP contribution >= 0.6 is 0 Å². The van der Waals surface area contributed by atoms with Gasteiger partial charge < -0.3 is 8.83 Å². The van der Waals surface area contributed by atoms with Gasteiger partial charge in [-0.2, -0.15) is 0 Å². The van der Waals surface area contributed by atoms with E-state index in [1.807, 2.05) is 36.4 Å². The van der Waals surface area contributed by atoms with E-state index in [0.717, 1.165) is 22.3 Å². The molecule has 0 spiro atoms. The molecular weight excluding hydrogens is 1150 g/mol. The van der Waals surface area contributed by atoms with Crippen LogP contribution in [0.3, 0.4) is 0 Å². The van der Waals surface area contributed by atoms with Gasteiger partial charge in [0.25, 0.3) is 0 Å². The lowest BCUT2D eigenvalue weighted by atomic mass is 9.98. The van der Waals surface area contributed by atoms with E-state index in [4.69, 9.17) is 8.83 Å². The summed E-state index contributed by atoms with van der Waals surface area (Å²) in [6, 6.07) is 117. The fourth-order valence-corrected chi connectivity index (χ4v) is 12.8. The summed E-state index contributed by atoms with van der Waals surface area (Å²) in [5.74, 6) is 0. The van der Waals surface area contributed by atoms with Crippen molar-refractivity contribution in [2.75, 3.05) is 0 Å². The molecule has 2 aromatic heterocycles. The Hall–Kier alpha value is -11.6. The summed E-state index contributed by atoms with van der Waals surface area (Å²) in [7, 11) is 0. The van der Waals surface area contributed by atoms with Crippen molar-refractivity contribution in [1.82, 2.24) is 0 Å². The van der Waals surface area contributed by atoms with E-state index in [9.17, 15) is 0 Å². The number of furan rings is 2. The van der Waals surface area contributed by atoms with E-state index in [1.165, 1.54) is 147 Å². The van der Waals surface area contributed by atoms with Gasteiger partial charge in [0.05, 0.1) is 0 Å². The van der Waals surface area contributed by atoms with Crippen LogP contribution < -0.4 is 0 Å². The smallest absolute Gasteiger partial charge is 0.138 e. The van der Waals surface area contributed by atoms with Crippen LogP contribution in [0.25, 0.3) is 130 Å². The van der Waals surface area contributed by atoms with Gasteiger partial charge in [-0.05, 0) is 211 Å². The topological polar surface area (TPSA) is 26.3 Å². The highest BCUT2D eigenvalue weighted by molar-refractivity contribution is 6.07. The summed E-state index contributed by atoms with van der Waals surface area (Å²) in [5.41, 5.74) is 13.1. The first-order valence-corrected chi connectivity index (χ1v) is 32.8. The van der Waals surface area contributed by atoms with Crippen molar-refractivity contribution in [3.05, 3.63) is 373 Å². The lowest BCUT2D eigenvalue weighted by Gasteiger charge is -2.06. The molecule has 17 aromatic carbocycles. The van der Waals surface area contributed by atoms with Crippen LogP contribution in [0.4, 0.5) is 0 Å². The summed E-state index contributed by atoms with van der Waals surface area (Å²) < 4.78 is 11.5. The molecule has 0 amide bonds. The summed E-state index contributed by atoms with van der Waals surface area (Å²) >= 11 is 0. The third kappa shape index (κ3) is 14.2. The van der Waals surface area contributed by atoms with Crippen molar-refractivity contribution in [3.8, 4) is 0 Å². The Kier molecular flexibility index (Phi) is 18.7. The first-order chi connectivity index (χ1) is 46.5. The Morgan fingerprint density at radius 1 is 0.168 bits per heavy atom. The quantitative estimate of drug-likeness (QED) is 0.141. The van der Waals surface area contributed by atoms with E-state index in [0.29, 0.717) is 0 Å². The Labute approximate surface area is 556 Å². The minimum absolute atomic E-state index is 0.966. The molecule has 0 N–H and O–H groups in total. The van der Waals surface area contributed by atoms with E-state index >= 15 is 0 Å². The van der Waals surface area contributed by atoms with E-state index < -0.39 is 0 Å². The molecule has 0 bridgehead atoms. The molecular formula is C93H76O2. The minimum Gasteiger partial charge on any atom is -0.456 e. The van der Waals surface area contributed by atoms with Crippen LogP contribution in [0.5, 0.6) is 0 Å². The van der Waals surface area contributed by atoms with Crippen LogP contribution in [0, 0.1) is 48.5 Å². The number of benzene rings is 17. The third-order valence-corrected chi connectivity index (χ3v) is 17.9. The second-order valence-corrected chi connectivity index (χ2v) is 24.8. The van der Waals surface area contributed by atoms with Crippen molar-refractivity contribution in [2.24, 2.45) is 0 Å². The second kappa shape index (κ2) is 28.5. The maximum absolute atomic E-state index is 5.78. The van der Waals surface area contributed by atoms with Gasteiger partial charge in [-0.15, -0.1) is 0 Å². The van der Waals surface area contributed by atoms with Crippen molar-refractivity contribution >= 4 is 130 Å². The van der Waals surface area contributed by atoms with Gasteiger partial charge >= 0.3 is 0 Å². The molecule has 0 fully saturated rings. The standard InChI is InChI=1S/3C15H12.2C13H10O.2C11H10/c1-11-14-8-4-2-6-12(14)10-13-7-3-5-9-15(11)13;1-11-5-4-8-14-9-12-6-2-3-7-13(12)10-15(11)14;1-11-6-7-14-9-12-4-2-3-5-13(12)10-15(14)8-11;1-9-5-4-7-11-10-6-2-3-8-12(10)14-13(9)11;1-9-6-7-11-10-4-2-3-5-12(10)14-13(11)8-9;1-9-5-4-7-10-6-2-3-8-11(9)10;1-9-6-7-10-4-2-3-5-11(10)8-9/h3*2-10H,1H3;2*2-8H,1H3;2*2-8H,1H3. The van der Waals surface area contributed by atoms with E-state index in [-0.39, 0.29) is 0 Å². The Bertz CT molecular complexity index is 5800. The fourth-order valence-electron chi connectivity index (χ4n) is 12.8. The predicted molar refractivity (Wildman–Crippen MR) is 413 cm³/mol. The van der Waals surface area contributed by atoms with Gasteiger partial charge in [-0.25, -0.2) is 0 Å². The zero-order chi connectivity index (χ0) is 65.2. The first kappa shape index (κ1) is 62.2. The molecule has 0 unspecified atom stereocenters. The molecule has 460 valence electrons. The molecule has 19 rings (SSSR count). The largest absolute Gasteiger partial charge is 0.456 e. The highest BCUT2D eigenvalue weighted by Gasteiger charge is 2.09. The molecule has 95 heavy (non-hydrogen) atoms. The number of para-hydroxylation sites is 3. The third-order valence-electron chi connectivity index (χ3n) is 17.9. The number of aryl methyl sites for hydroxylation is 7. The van der Waals surface area contributed by atoms with Crippen LogP contribution in [0.2, 0.25) is 0 Å². The average Bonchev–Trinajstić information content (AvgIpc) is 1.79. The number of fused-ring (bicyclic) bond motifs is 14. The highest BCUT2D eigenvalue weighted by Crippen LogP contribution is 2.33. The van der Waals surface area contributed by atoms with E-state index in [1.54, 1.807) is 0 Å². The van der Waals surface area contributed by atoms with Gasteiger partial charge in [-0.3, -0.25) is 0 Å². The van der Waals surface area contributed by atoms with Crippen LogP contribution in [0.15, 0.2) is 342 Å². The monoisotopic (exact) mass is 1220 g/mol. The average molecular weight is 1230 g/mol. The highest BCUT2D eigenvalue weighted by atomic mass is 16.3. The number of rotatable bonds is 0. The Morgan fingerprint density at radius 3 is 1.12 bits per heavy atom. The predicted octanol–water partition coefficient (Wildman–Crippen LogP) is 27.0. The SMILES string of the molecule is Cc1c2ccccc2cc2ccccc12.Cc1ccc2c(c1)oc1ccccc12.Cc1ccc2cc3ccccc3cc2c1.Cc1ccc2ccccc2c1.Cc1cccc2c1oc1ccccc12.Cc1cccc2cc3ccccc3cc12.Cc1cccc2ccccc12. The summed E-state index contributed by atoms with van der Waals surface area (Å²) in [4.78, 5) is 0. The normalized spacial score (nSPS) is 10.9. The van der Waals surface area contributed by atoms with Crippen molar-refractivity contribution in [3.63, 3.8) is 0 Å². The van der Waals surface area contributed by atoms with Crippen LogP contribution in [-0.4, -0.2) is 0 Å². The molecule has 0 saturated heterocycles. The Morgan fingerprint density at radius 2 is 0.505 bits per heavy atom.